The standard InChI is InChI=1S/C4H8O.C3H4O2/c1-4(2)3-5;1-2-3(4)5/h5H,1,3H2,2H3;2H,1H2,(H,4,5). The van der Waals surface area contributed by atoms with Gasteiger partial charge in [-0.1, -0.05) is 18.7 Å². The molecule has 0 atom stereocenters. The van der Waals surface area contributed by atoms with Gasteiger partial charge in [-0.2, -0.15) is 0 Å². The van der Waals surface area contributed by atoms with Crippen molar-refractivity contribution in [2.24, 2.45) is 0 Å². The minimum Gasteiger partial charge on any atom is -0.478 e. The van der Waals surface area contributed by atoms with Gasteiger partial charge in [-0.3, -0.25) is 0 Å². The van der Waals surface area contributed by atoms with E-state index in [2.05, 4.69) is 13.2 Å². The largest absolute Gasteiger partial charge is 0.478 e. The molecule has 3 nitrogen and oxygen atoms in total. The van der Waals surface area contributed by atoms with Crippen molar-refractivity contribution in [2.45, 2.75) is 6.92 Å². The summed E-state index contributed by atoms with van der Waals surface area (Å²) in [6.45, 7) is 8.27. The molecular formula is C7H12O3. The van der Waals surface area contributed by atoms with Crippen LogP contribution in [0.2, 0.25) is 0 Å². The van der Waals surface area contributed by atoms with E-state index in [1.165, 1.54) is 0 Å². The molecule has 0 aliphatic carbocycles. The Labute approximate surface area is 60.3 Å². The van der Waals surface area contributed by atoms with Crippen molar-refractivity contribution in [3.63, 3.8) is 0 Å². The summed E-state index contributed by atoms with van der Waals surface area (Å²) in [5, 5.41) is 15.6. The number of hydrogen-bond donors (Lipinski definition) is 2. The van der Waals surface area contributed by atoms with Crippen LogP contribution >= 0.6 is 0 Å². The van der Waals surface area contributed by atoms with Gasteiger partial charge in [-0.05, 0) is 6.92 Å². The average molecular weight is 144 g/mol. The molecule has 3 heteroatoms. The smallest absolute Gasteiger partial charge is 0.327 e. The second-order valence-corrected chi connectivity index (χ2v) is 1.66. The summed E-state index contributed by atoms with van der Waals surface area (Å²) in [5.41, 5.74) is 0.810. The van der Waals surface area contributed by atoms with E-state index < -0.39 is 5.97 Å². The highest BCUT2D eigenvalue weighted by Gasteiger charge is 1.73. The second kappa shape index (κ2) is 7.91. The third-order valence-electron chi connectivity index (χ3n) is 0.445. The monoisotopic (exact) mass is 144 g/mol. The summed E-state index contributed by atoms with van der Waals surface area (Å²) in [5.74, 6) is -0.981. The van der Waals surface area contributed by atoms with Crippen LogP contribution in [0.15, 0.2) is 24.8 Å². The molecule has 0 radical (unpaired) electrons. The lowest BCUT2D eigenvalue weighted by Crippen LogP contribution is -1.82. The predicted molar refractivity (Wildman–Crippen MR) is 39.7 cm³/mol. The molecule has 10 heavy (non-hydrogen) atoms. The van der Waals surface area contributed by atoms with E-state index in [1.807, 2.05) is 0 Å². The van der Waals surface area contributed by atoms with Crippen LogP contribution in [0, 0.1) is 0 Å². The lowest BCUT2D eigenvalue weighted by Gasteiger charge is -1.79. The van der Waals surface area contributed by atoms with Gasteiger partial charge in [-0.25, -0.2) is 4.79 Å². The zero-order valence-corrected chi connectivity index (χ0v) is 6.00. The van der Waals surface area contributed by atoms with E-state index in [-0.39, 0.29) is 6.61 Å². The van der Waals surface area contributed by atoms with Crippen LogP contribution in [0.5, 0.6) is 0 Å². The first-order valence-corrected chi connectivity index (χ1v) is 2.65. The van der Waals surface area contributed by atoms with Gasteiger partial charge >= 0.3 is 5.97 Å². The molecule has 0 saturated heterocycles. The second-order valence-electron chi connectivity index (χ2n) is 1.66. The summed E-state index contributed by atoms with van der Waals surface area (Å²) in [7, 11) is 0. The lowest BCUT2D eigenvalue weighted by atomic mass is 10.4. The third-order valence-corrected chi connectivity index (χ3v) is 0.445. The van der Waals surface area contributed by atoms with Crippen LogP contribution in [-0.4, -0.2) is 22.8 Å². The van der Waals surface area contributed by atoms with E-state index in [4.69, 9.17) is 10.2 Å². The minimum atomic E-state index is -0.981. The first-order valence-electron chi connectivity index (χ1n) is 2.65. The molecule has 0 heterocycles. The number of carboxylic acids is 1. The van der Waals surface area contributed by atoms with Crippen LogP contribution in [0.3, 0.4) is 0 Å². The Bertz CT molecular complexity index is 127. The average Bonchev–Trinajstić information content (AvgIpc) is 1.89. The van der Waals surface area contributed by atoms with Crippen molar-refractivity contribution in [1.82, 2.24) is 0 Å². The zero-order valence-electron chi connectivity index (χ0n) is 6.00. The maximum absolute atomic E-state index is 9.25. The maximum Gasteiger partial charge on any atom is 0.327 e. The van der Waals surface area contributed by atoms with Gasteiger partial charge in [0, 0.05) is 6.08 Å². The molecule has 0 amide bonds. The molecule has 0 aromatic heterocycles. The van der Waals surface area contributed by atoms with E-state index >= 15 is 0 Å². The summed E-state index contributed by atoms with van der Waals surface area (Å²) >= 11 is 0. The Kier molecular flexibility index (Phi) is 9.24. The van der Waals surface area contributed by atoms with Crippen LogP contribution in [0.25, 0.3) is 0 Å². The lowest BCUT2D eigenvalue weighted by molar-refractivity contribution is -0.131. The molecule has 0 aromatic rings. The fourth-order valence-corrected chi connectivity index (χ4v) is 0. The summed E-state index contributed by atoms with van der Waals surface area (Å²) in [4.78, 5) is 9.25. The van der Waals surface area contributed by atoms with Gasteiger partial charge in [0.05, 0.1) is 6.61 Å². The van der Waals surface area contributed by atoms with Crippen molar-refractivity contribution >= 4 is 5.97 Å². The van der Waals surface area contributed by atoms with Gasteiger partial charge in [0.2, 0.25) is 0 Å². The minimum absolute atomic E-state index is 0.111. The van der Waals surface area contributed by atoms with Crippen molar-refractivity contribution in [3.05, 3.63) is 24.8 Å². The summed E-state index contributed by atoms with van der Waals surface area (Å²) in [6, 6.07) is 0. The first kappa shape index (κ1) is 11.7. The fraction of sp³-hybridized carbons (Fsp3) is 0.286. The van der Waals surface area contributed by atoms with Crippen molar-refractivity contribution in [3.8, 4) is 0 Å². The van der Waals surface area contributed by atoms with Crippen LogP contribution in [0.1, 0.15) is 6.92 Å². The van der Waals surface area contributed by atoms with Gasteiger partial charge in [0.25, 0.3) is 0 Å². The van der Waals surface area contributed by atoms with E-state index in [1.54, 1.807) is 6.92 Å². The van der Waals surface area contributed by atoms with E-state index in [0.29, 0.717) is 0 Å². The Morgan fingerprint density at radius 3 is 1.90 bits per heavy atom. The zero-order chi connectivity index (χ0) is 8.57. The van der Waals surface area contributed by atoms with Crippen molar-refractivity contribution < 1.29 is 15.0 Å². The summed E-state index contributed by atoms with van der Waals surface area (Å²) < 4.78 is 0. The van der Waals surface area contributed by atoms with Gasteiger partial charge in [-0.15, -0.1) is 0 Å². The number of aliphatic hydroxyl groups is 1. The van der Waals surface area contributed by atoms with E-state index in [0.717, 1.165) is 11.6 Å². The number of aliphatic hydroxyl groups excluding tert-OH is 1. The van der Waals surface area contributed by atoms with Crippen LogP contribution in [0.4, 0.5) is 0 Å². The molecule has 0 aliphatic heterocycles. The molecule has 0 rings (SSSR count). The van der Waals surface area contributed by atoms with Crippen molar-refractivity contribution in [1.29, 1.82) is 0 Å². The topological polar surface area (TPSA) is 57.5 Å². The fourth-order valence-electron chi connectivity index (χ4n) is 0. The molecular weight excluding hydrogens is 132 g/mol. The molecule has 0 aromatic carbocycles. The quantitative estimate of drug-likeness (QED) is 0.445. The first-order chi connectivity index (χ1) is 4.54. The number of carbonyl (C=O) groups is 1. The van der Waals surface area contributed by atoms with Crippen LogP contribution < -0.4 is 0 Å². The van der Waals surface area contributed by atoms with Crippen molar-refractivity contribution in [2.75, 3.05) is 6.61 Å². The third kappa shape index (κ3) is 28.5. The highest BCUT2D eigenvalue weighted by Crippen LogP contribution is 1.76. The Morgan fingerprint density at radius 1 is 1.70 bits per heavy atom. The van der Waals surface area contributed by atoms with Gasteiger partial charge in [0.1, 0.15) is 0 Å². The number of rotatable bonds is 2. The SMILES string of the molecule is C=C(C)CO.C=CC(=O)O. The molecule has 0 aliphatic rings. The number of carboxylic acid groups (broad SMARTS) is 1. The Balaban J connectivity index is 0. The molecule has 58 valence electrons. The molecule has 0 fully saturated rings. The molecule has 0 bridgehead atoms. The Morgan fingerprint density at radius 2 is 1.90 bits per heavy atom. The maximum atomic E-state index is 9.25. The number of hydrogen-bond acceptors (Lipinski definition) is 2. The summed E-state index contributed by atoms with van der Waals surface area (Å²) in [6.07, 6.45) is 0.833. The molecule has 0 spiro atoms. The normalized spacial score (nSPS) is 7.00. The van der Waals surface area contributed by atoms with Gasteiger partial charge < -0.3 is 10.2 Å². The van der Waals surface area contributed by atoms with Gasteiger partial charge in [0.15, 0.2) is 0 Å². The molecule has 0 unspecified atom stereocenters. The molecule has 0 saturated carbocycles. The highest BCUT2D eigenvalue weighted by molar-refractivity contribution is 5.78. The molecule has 2 N–H and O–H groups in total. The number of aliphatic carboxylic acids is 1. The van der Waals surface area contributed by atoms with Crippen LogP contribution in [-0.2, 0) is 4.79 Å². The highest BCUT2D eigenvalue weighted by atomic mass is 16.4. The predicted octanol–water partition coefficient (Wildman–Crippen LogP) is 0.812. The van der Waals surface area contributed by atoms with E-state index in [9.17, 15) is 4.79 Å². The Hall–Kier alpha value is -1.09.